The Kier molecular flexibility index (Phi) is 6.90. The van der Waals surface area contributed by atoms with Gasteiger partial charge in [0.25, 0.3) is 0 Å². The highest BCUT2D eigenvalue weighted by atomic mass is 16.9. The molecule has 1 aliphatic heterocycles. The molecule has 1 saturated heterocycles. The van der Waals surface area contributed by atoms with Crippen molar-refractivity contribution in [3.63, 3.8) is 0 Å². The number of rotatable bonds is 7. The van der Waals surface area contributed by atoms with E-state index in [4.69, 9.17) is 9.82 Å². The molecule has 2 heterocycles. The van der Waals surface area contributed by atoms with E-state index in [2.05, 4.69) is 0 Å². The van der Waals surface area contributed by atoms with Gasteiger partial charge in [0.2, 0.25) is 0 Å². The van der Waals surface area contributed by atoms with Crippen molar-refractivity contribution in [3.05, 3.63) is 112 Å². The van der Waals surface area contributed by atoms with Crippen LogP contribution in [0.3, 0.4) is 0 Å². The van der Waals surface area contributed by atoms with Crippen LogP contribution < -0.4 is 0 Å². The Morgan fingerprint density at radius 3 is 2.22 bits per heavy atom. The van der Waals surface area contributed by atoms with E-state index in [1.807, 2.05) is 78.9 Å². The van der Waals surface area contributed by atoms with Crippen molar-refractivity contribution >= 4 is 16.8 Å². The first kappa shape index (κ1) is 25.2. The number of fused-ring (bicyclic) bond motifs is 1. The summed E-state index contributed by atoms with van der Waals surface area (Å²) in [6.45, 7) is 2.69. The highest BCUT2D eigenvalue weighted by Crippen LogP contribution is 2.38. The Hall–Kier alpha value is -3.46. The SMILES string of the molecule is CO[N+]([O-])(C(=O)c1c(C[N+]2([O-])CCCC2)c(-c2ccccc2)nc2ccccc12)C(C)c1ccccc1. The van der Waals surface area contributed by atoms with E-state index in [-0.39, 0.29) is 12.1 Å². The zero-order valence-electron chi connectivity index (χ0n) is 21.2. The summed E-state index contributed by atoms with van der Waals surface area (Å²) in [6.07, 6.45) is 1.66. The molecule has 0 aliphatic carbocycles. The molecule has 1 aromatic heterocycles. The molecule has 0 saturated carbocycles. The monoisotopic (exact) mass is 497 g/mol. The van der Waals surface area contributed by atoms with Gasteiger partial charge in [0.15, 0.2) is 0 Å². The van der Waals surface area contributed by atoms with Gasteiger partial charge in [-0.3, -0.25) is 0 Å². The van der Waals surface area contributed by atoms with Crippen LogP contribution >= 0.6 is 0 Å². The van der Waals surface area contributed by atoms with Crippen LogP contribution in [0, 0.1) is 10.4 Å². The first-order chi connectivity index (χ1) is 17.9. The number of benzene rings is 3. The van der Waals surface area contributed by atoms with Crippen molar-refractivity contribution in [2.24, 2.45) is 0 Å². The van der Waals surface area contributed by atoms with Crippen molar-refractivity contribution in [2.75, 3.05) is 20.2 Å². The Bertz CT molecular complexity index is 1400. The minimum absolute atomic E-state index is 0.0621. The molecule has 0 N–H and O–H groups in total. The number of para-hydroxylation sites is 1. The Labute approximate surface area is 216 Å². The lowest BCUT2D eigenvalue weighted by Crippen LogP contribution is -2.49. The van der Waals surface area contributed by atoms with Gasteiger partial charge in [-0.15, -0.1) is 4.81 Å². The number of pyridine rings is 1. The highest BCUT2D eigenvalue weighted by Gasteiger charge is 2.42. The number of amides is 1. The van der Waals surface area contributed by atoms with Gasteiger partial charge in [0.1, 0.15) is 18.2 Å². The predicted molar refractivity (Wildman–Crippen MR) is 143 cm³/mol. The largest absolute Gasteiger partial charge is 0.633 e. The third kappa shape index (κ3) is 4.68. The highest BCUT2D eigenvalue weighted by molar-refractivity contribution is 6.06. The van der Waals surface area contributed by atoms with Crippen LogP contribution in [-0.4, -0.2) is 40.5 Å². The average Bonchev–Trinajstić information content (AvgIpc) is 3.38. The topological polar surface area (TPSA) is 85.3 Å². The van der Waals surface area contributed by atoms with Crippen LogP contribution in [0.15, 0.2) is 84.9 Å². The number of hydrogen-bond acceptors (Lipinski definition) is 5. The zero-order valence-corrected chi connectivity index (χ0v) is 21.2. The maximum Gasteiger partial charge on any atom is 0.380 e. The van der Waals surface area contributed by atoms with Crippen molar-refractivity contribution in [1.82, 2.24) is 4.98 Å². The smallest absolute Gasteiger partial charge is 0.380 e. The fourth-order valence-electron chi connectivity index (χ4n) is 5.34. The van der Waals surface area contributed by atoms with E-state index in [9.17, 15) is 15.2 Å². The maximum atomic E-state index is 14.4. The Morgan fingerprint density at radius 1 is 0.973 bits per heavy atom. The van der Waals surface area contributed by atoms with Crippen molar-refractivity contribution < 1.29 is 19.1 Å². The molecule has 190 valence electrons. The predicted octanol–water partition coefficient (Wildman–Crippen LogP) is 6.29. The molecule has 37 heavy (non-hydrogen) atoms. The number of quaternary nitrogens is 2. The van der Waals surface area contributed by atoms with Gasteiger partial charge in [0.05, 0.1) is 37.0 Å². The first-order valence-corrected chi connectivity index (χ1v) is 12.7. The third-order valence-electron chi connectivity index (χ3n) is 7.43. The summed E-state index contributed by atoms with van der Waals surface area (Å²) in [5.74, 6) is -0.740. The molecule has 2 atom stereocenters. The molecule has 1 amide bonds. The summed E-state index contributed by atoms with van der Waals surface area (Å²) < 4.78 is -0.444. The molecule has 4 aromatic rings. The van der Waals surface area contributed by atoms with Crippen LogP contribution in [0.1, 0.15) is 47.3 Å². The van der Waals surface area contributed by atoms with E-state index >= 15 is 0 Å². The van der Waals surface area contributed by atoms with Crippen LogP contribution in [0.2, 0.25) is 0 Å². The van der Waals surface area contributed by atoms with Crippen LogP contribution in [0.5, 0.6) is 0 Å². The van der Waals surface area contributed by atoms with E-state index in [0.717, 1.165) is 18.4 Å². The molecule has 5 rings (SSSR count). The second kappa shape index (κ2) is 10.1. The lowest BCUT2D eigenvalue weighted by Gasteiger charge is -2.42. The molecule has 1 aliphatic rings. The Morgan fingerprint density at radius 2 is 1.57 bits per heavy atom. The van der Waals surface area contributed by atoms with Gasteiger partial charge >= 0.3 is 5.91 Å². The molecule has 1 fully saturated rings. The summed E-state index contributed by atoms with van der Waals surface area (Å²) >= 11 is 0. The number of hydroxylamine groups is 7. The second-order valence-electron chi connectivity index (χ2n) is 9.74. The van der Waals surface area contributed by atoms with E-state index in [1.165, 1.54) is 7.11 Å². The number of hydrogen-bond donors (Lipinski definition) is 0. The molecule has 0 bridgehead atoms. The molecule has 7 heteroatoms. The molecule has 2 unspecified atom stereocenters. The molecule has 7 nitrogen and oxygen atoms in total. The van der Waals surface area contributed by atoms with Gasteiger partial charge in [-0.2, -0.15) is 4.84 Å². The van der Waals surface area contributed by atoms with Crippen LogP contribution in [-0.2, 0) is 11.4 Å². The Balaban J connectivity index is 1.77. The van der Waals surface area contributed by atoms with E-state index in [0.29, 0.717) is 40.8 Å². The molecular weight excluding hydrogens is 466 g/mol. The summed E-state index contributed by atoms with van der Waals surface area (Å²) in [4.78, 5) is 23.2. The summed E-state index contributed by atoms with van der Waals surface area (Å²) in [5.41, 5.74) is 3.33. The van der Waals surface area contributed by atoms with Gasteiger partial charge in [-0.05, 0) is 13.0 Å². The molecular formula is C30H31N3O4. The van der Waals surface area contributed by atoms with Gasteiger partial charge in [-0.1, -0.05) is 78.9 Å². The van der Waals surface area contributed by atoms with E-state index in [1.54, 1.807) is 13.0 Å². The fraction of sp³-hybridized carbons (Fsp3) is 0.267. The van der Waals surface area contributed by atoms with Gasteiger partial charge < -0.3 is 15.1 Å². The number of carbonyl (C=O) groups excluding carboxylic acids is 1. The minimum atomic E-state index is -1.54. The molecule has 3 aromatic carbocycles. The number of nitrogens with zero attached hydrogens (tertiary/aromatic N) is 3. The second-order valence-corrected chi connectivity index (χ2v) is 9.74. The standard InChI is InChI=1S/C30H31N3O4/c1-22(23-13-5-3-6-14-23)33(36,37-2)30(34)28-25-17-9-10-18-27(25)31-29(24-15-7-4-8-16-24)26(28)21-32(35)19-11-12-20-32/h3-10,13-18,22H,11-12,19-21H2,1-2H3. The average molecular weight is 498 g/mol. The lowest BCUT2D eigenvalue weighted by atomic mass is 9.94. The number of likely N-dealkylation sites (tertiary alicyclic amines) is 1. The van der Waals surface area contributed by atoms with Crippen LogP contribution in [0.25, 0.3) is 22.2 Å². The number of carbonyl (C=O) groups is 1. The quantitative estimate of drug-likeness (QED) is 0.170. The summed E-state index contributed by atoms with van der Waals surface area (Å²) in [7, 11) is 1.26. The lowest BCUT2D eigenvalue weighted by molar-refractivity contribution is -1.02. The first-order valence-electron chi connectivity index (χ1n) is 12.7. The van der Waals surface area contributed by atoms with Gasteiger partial charge in [0, 0.05) is 29.4 Å². The van der Waals surface area contributed by atoms with Crippen molar-refractivity contribution in [2.45, 2.75) is 32.4 Å². The van der Waals surface area contributed by atoms with Crippen LogP contribution in [0.4, 0.5) is 0 Å². The van der Waals surface area contributed by atoms with E-state index < -0.39 is 21.4 Å². The summed E-state index contributed by atoms with van der Waals surface area (Å²) in [5, 5.41) is 28.6. The zero-order chi connectivity index (χ0) is 26.0. The maximum absolute atomic E-state index is 14.4. The number of aromatic nitrogens is 1. The third-order valence-corrected chi connectivity index (χ3v) is 7.43. The molecule has 0 spiro atoms. The van der Waals surface area contributed by atoms with Crippen molar-refractivity contribution in [1.29, 1.82) is 0 Å². The molecule has 0 radical (unpaired) electrons. The minimum Gasteiger partial charge on any atom is -0.633 e. The fourth-order valence-corrected chi connectivity index (χ4v) is 5.34. The van der Waals surface area contributed by atoms with Crippen molar-refractivity contribution in [3.8, 4) is 11.3 Å². The normalized spacial score (nSPS) is 17.4. The summed E-state index contributed by atoms with van der Waals surface area (Å²) in [6, 6.07) is 25.1. The van der Waals surface area contributed by atoms with Gasteiger partial charge in [-0.25, -0.2) is 9.78 Å².